The summed E-state index contributed by atoms with van der Waals surface area (Å²) in [4.78, 5) is 0. The molecule has 0 aromatic heterocycles. The van der Waals surface area contributed by atoms with E-state index in [1.807, 2.05) is 0 Å². The van der Waals surface area contributed by atoms with E-state index in [4.69, 9.17) is 4.74 Å². The van der Waals surface area contributed by atoms with Gasteiger partial charge in [0.1, 0.15) is 0 Å². The van der Waals surface area contributed by atoms with E-state index in [-0.39, 0.29) is 0 Å². The molecule has 43 valence electrons. The maximum atomic E-state index is 4.73. The molecule has 0 fully saturated rings. The van der Waals surface area contributed by atoms with Crippen molar-refractivity contribution in [1.29, 1.82) is 0 Å². The van der Waals surface area contributed by atoms with Crippen LogP contribution in [0, 0.1) is 6.92 Å². The molecule has 0 saturated heterocycles. The topological polar surface area (TPSA) is 9.23 Å². The zero-order valence-corrected chi connectivity index (χ0v) is 5.53. The summed E-state index contributed by atoms with van der Waals surface area (Å²) in [5, 5.41) is 0. The molecule has 0 atom stereocenters. The Bertz CT molecular complexity index is 68.5. The summed E-state index contributed by atoms with van der Waals surface area (Å²) in [5.41, 5.74) is 0. The molecule has 0 saturated carbocycles. The fraction of sp³-hybridized carbons (Fsp3) is 0.200. The Hall–Kier alpha value is 0.0334. The van der Waals surface area contributed by atoms with Crippen LogP contribution in [0.5, 0.6) is 0 Å². The van der Waals surface area contributed by atoms with Crippen LogP contribution in [0.15, 0.2) is 12.3 Å². The number of rotatable bonds is 3. The molecule has 1 nitrogen and oxygen atoms in total. The van der Waals surface area contributed by atoms with E-state index in [0.717, 1.165) is 0 Å². The second-order valence-electron chi connectivity index (χ2n) is 0.810. The van der Waals surface area contributed by atoms with Gasteiger partial charge >= 0.3 is 53.1 Å². The van der Waals surface area contributed by atoms with Gasteiger partial charge in [0.15, 0.2) is 0 Å². The summed E-state index contributed by atoms with van der Waals surface area (Å²) in [6, 6.07) is 0. The third-order valence-electron chi connectivity index (χ3n) is 0.357. The normalized spacial score (nSPS) is 9.43. The number of ether oxygens (including phenoxy) is 1. The van der Waals surface area contributed by atoms with Crippen LogP contribution in [-0.2, 0) is 22.6 Å². The average Bonchev–Trinajstić information content (AvgIpc) is 1.69. The standard InChI is InChI=1S/C5H7O.Rh/c1-3-5-6-4-2;/h1,3,5H,2,4H2;/q-1;/b5-3-;. The van der Waals surface area contributed by atoms with E-state index < -0.39 is 0 Å². The summed E-state index contributed by atoms with van der Waals surface area (Å²) in [5.74, 6) is 0. The monoisotopic (exact) mass is 186 g/mol. The number of hydrogen-bond donors (Lipinski definition) is 0. The molecule has 0 radical (unpaired) electrons. The predicted octanol–water partition coefficient (Wildman–Crippen LogP) is 0.700. The van der Waals surface area contributed by atoms with E-state index in [1.54, 1.807) is 16.9 Å². The van der Waals surface area contributed by atoms with Crippen molar-refractivity contribution < 1.29 is 22.6 Å². The molecule has 0 amide bonds. The molecule has 0 spiro atoms. The molecule has 0 unspecified atom stereocenters. The van der Waals surface area contributed by atoms with Crippen molar-refractivity contribution in [1.82, 2.24) is 0 Å². The Labute approximate surface area is 53.6 Å². The summed E-state index contributed by atoms with van der Waals surface area (Å²) in [6.07, 6.45) is 3.37. The summed E-state index contributed by atoms with van der Waals surface area (Å²) in [6.45, 7) is 3.95. The molecule has 2 heteroatoms. The molecule has 0 aromatic rings. The second-order valence-corrected chi connectivity index (χ2v) is 1.36. The van der Waals surface area contributed by atoms with E-state index in [9.17, 15) is 0 Å². The molecule has 0 heterocycles. The van der Waals surface area contributed by atoms with Gasteiger partial charge in [-0.15, -0.1) is 0 Å². The number of allylic oxidation sites excluding steroid dienone is 1. The van der Waals surface area contributed by atoms with Gasteiger partial charge in [0.2, 0.25) is 0 Å². The van der Waals surface area contributed by atoms with Gasteiger partial charge in [0, 0.05) is 0 Å². The fourth-order valence-corrected chi connectivity index (χ4v) is 0.279. The van der Waals surface area contributed by atoms with Gasteiger partial charge < -0.3 is 0 Å². The fourth-order valence-electron chi connectivity index (χ4n) is 0.150. The molecule has 0 aliphatic rings. The van der Waals surface area contributed by atoms with Crippen molar-refractivity contribution in [2.75, 3.05) is 6.61 Å². The molecule has 7 heavy (non-hydrogen) atoms. The molecular formula is C5H7ORh-. The van der Waals surface area contributed by atoms with Gasteiger partial charge in [0.05, 0.1) is 0 Å². The summed E-state index contributed by atoms with van der Waals surface area (Å²) in [7, 11) is 0. The Morgan fingerprint density at radius 3 is 2.86 bits per heavy atom. The molecule has 0 aliphatic heterocycles. The van der Waals surface area contributed by atoms with E-state index in [1.165, 1.54) is 0 Å². The van der Waals surface area contributed by atoms with Crippen molar-refractivity contribution in [3.63, 3.8) is 0 Å². The molecule has 0 aromatic carbocycles. The van der Waals surface area contributed by atoms with E-state index in [2.05, 4.69) is 24.8 Å². The van der Waals surface area contributed by atoms with Crippen molar-refractivity contribution >= 4 is 4.61 Å². The molecular weight excluding hydrogens is 179 g/mol. The van der Waals surface area contributed by atoms with Crippen LogP contribution in [-0.4, -0.2) is 11.2 Å². The minimum absolute atomic E-state index is 0.492. The van der Waals surface area contributed by atoms with Crippen LogP contribution in [0.2, 0.25) is 0 Å². The Morgan fingerprint density at radius 1 is 1.71 bits per heavy atom. The molecule has 0 N–H and O–H groups in total. The van der Waals surface area contributed by atoms with Crippen molar-refractivity contribution in [3.05, 3.63) is 19.3 Å². The van der Waals surface area contributed by atoms with Crippen molar-refractivity contribution in [2.24, 2.45) is 0 Å². The van der Waals surface area contributed by atoms with Gasteiger partial charge in [-0.1, -0.05) is 0 Å². The molecule has 0 bridgehead atoms. The number of hydrogen-bond acceptors (Lipinski definition) is 1. The van der Waals surface area contributed by atoms with Crippen LogP contribution in [0.3, 0.4) is 0 Å². The first-order valence-electron chi connectivity index (χ1n) is 1.88. The second kappa shape index (κ2) is 6.03. The third-order valence-corrected chi connectivity index (χ3v) is 0.672. The van der Waals surface area contributed by atoms with Crippen LogP contribution in [0.4, 0.5) is 0 Å². The zero-order valence-electron chi connectivity index (χ0n) is 3.89. The molecule has 0 rings (SSSR count). The van der Waals surface area contributed by atoms with Gasteiger partial charge in [-0.2, -0.15) is 0 Å². The van der Waals surface area contributed by atoms with E-state index in [0.29, 0.717) is 6.61 Å². The first kappa shape index (κ1) is 7.03. The SMILES string of the molecule is [CH2-]CO/C=C\[CH]=[Rh]. The quantitative estimate of drug-likeness (QED) is 0.358. The van der Waals surface area contributed by atoms with Crippen LogP contribution < -0.4 is 0 Å². The van der Waals surface area contributed by atoms with Crippen molar-refractivity contribution in [3.8, 4) is 0 Å². The van der Waals surface area contributed by atoms with Gasteiger partial charge in [-0.25, -0.2) is 0 Å². The maximum absolute atomic E-state index is 4.73. The van der Waals surface area contributed by atoms with Gasteiger partial charge in [0.25, 0.3) is 0 Å². The first-order chi connectivity index (χ1) is 3.41. The minimum atomic E-state index is 0.492. The first-order valence-corrected chi connectivity index (χ1v) is 2.83. The predicted molar refractivity (Wildman–Crippen MR) is 26.5 cm³/mol. The summed E-state index contributed by atoms with van der Waals surface area (Å²) >= 11 is 2.60. The Balaban J connectivity index is 2.92. The average molecular weight is 186 g/mol. The van der Waals surface area contributed by atoms with Crippen LogP contribution in [0.1, 0.15) is 0 Å². The van der Waals surface area contributed by atoms with Crippen LogP contribution in [0.25, 0.3) is 0 Å². The van der Waals surface area contributed by atoms with Gasteiger partial charge in [-0.3, -0.25) is 0 Å². The summed E-state index contributed by atoms with van der Waals surface area (Å²) < 4.78 is 6.52. The third kappa shape index (κ3) is 6.03. The Kier molecular flexibility index (Phi) is 6.06. The van der Waals surface area contributed by atoms with Gasteiger partial charge in [-0.05, 0) is 0 Å². The van der Waals surface area contributed by atoms with E-state index >= 15 is 0 Å². The molecule has 0 aliphatic carbocycles. The van der Waals surface area contributed by atoms with Crippen LogP contribution >= 0.6 is 0 Å². The van der Waals surface area contributed by atoms with Crippen molar-refractivity contribution in [2.45, 2.75) is 0 Å². The Morgan fingerprint density at radius 2 is 2.43 bits per heavy atom. The zero-order chi connectivity index (χ0) is 5.54.